The maximum absolute atomic E-state index is 11.7. The molecule has 5 nitrogen and oxygen atoms in total. The maximum atomic E-state index is 11.7. The van der Waals surface area contributed by atoms with E-state index in [4.69, 9.17) is 0 Å². The third-order valence-electron chi connectivity index (χ3n) is 2.47. The number of amides is 2. The first-order valence-corrected chi connectivity index (χ1v) is 6.82. The summed E-state index contributed by atoms with van der Waals surface area (Å²) in [5, 5.41) is 8.50. The molecule has 16 heavy (non-hydrogen) atoms. The number of hydrogen-bond donors (Lipinski definition) is 3. The lowest BCUT2D eigenvalue weighted by molar-refractivity contribution is -0.126. The highest BCUT2D eigenvalue weighted by molar-refractivity contribution is 7.98. The van der Waals surface area contributed by atoms with Gasteiger partial charge in [0.05, 0.1) is 6.54 Å². The highest BCUT2D eigenvalue weighted by Gasteiger charge is 2.24. The largest absolute Gasteiger partial charge is 0.353 e. The Morgan fingerprint density at radius 1 is 1.69 bits per heavy atom. The predicted octanol–water partition coefficient (Wildman–Crippen LogP) is -0.668. The summed E-state index contributed by atoms with van der Waals surface area (Å²) in [5.74, 6) is 0.948. The van der Waals surface area contributed by atoms with E-state index >= 15 is 0 Å². The van der Waals surface area contributed by atoms with Crippen molar-refractivity contribution >= 4 is 23.6 Å². The minimum atomic E-state index is -0.297. The fourth-order valence-electron chi connectivity index (χ4n) is 1.46. The fraction of sp³-hybridized carbons (Fsp3) is 0.800. The van der Waals surface area contributed by atoms with Crippen LogP contribution in [0.15, 0.2) is 0 Å². The van der Waals surface area contributed by atoms with Gasteiger partial charge in [0.25, 0.3) is 0 Å². The first-order valence-electron chi connectivity index (χ1n) is 5.43. The second kappa shape index (κ2) is 6.75. The molecule has 0 aliphatic carbocycles. The van der Waals surface area contributed by atoms with Crippen LogP contribution >= 0.6 is 11.8 Å². The molecule has 1 fully saturated rings. The van der Waals surface area contributed by atoms with Crippen molar-refractivity contribution in [3.63, 3.8) is 0 Å². The molecule has 0 spiro atoms. The van der Waals surface area contributed by atoms with E-state index in [2.05, 4.69) is 16.0 Å². The first-order chi connectivity index (χ1) is 7.63. The molecule has 0 radical (unpaired) electrons. The van der Waals surface area contributed by atoms with E-state index in [1.54, 1.807) is 11.8 Å². The van der Waals surface area contributed by atoms with Gasteiger partial charge in [0, 0.05) is 12.6 Å². The van der Waals surface area contributed by atoms with E-state index in [9.17, 15) is 9.59 Å². The third kappa shape index (κ3) is 4.40. The molecule has 2 unspecified atom stereocenters. The molecule has 92 valence electrons. The van der Waals surface area contributed by atoms with Crippen LogP contribution in [-0.2, 0) is 9.59 Å². The fourth-order valence-corrected chi connectivity index (χ4v) is 2.05. The van der Waals surface area contributed by atoms with Gasteiger partial charge in [-0.2, -0.15) is 11.8 Å². The van der Waals surface area contributed by atoms with E-state index in [1.807, 2.05) is 13.2 Å². The lowest BCUT2D eigenvalue weighted by Crippen LogP contribution is -2.58. The molecular formula is C10H19N3O2S. The van der Waals surface area contributed by atoms with Gasteiger partial charge < -0.3 is 10.6 Å². The minimum absolute atomic E-state index is 0.0337. The molecule has 1 saturated heterocycles. The molecule has 2 atom stereocenters. The standard InChI is InChI=1S/C10H19N3O2S/c1-7(3-4-16-2)13-10(15)8-5-12-9(14)6-11-8/h7-8,11H,3-6H2,1-2H3,(H,12,14)(H,13,15). The van der Waals surface area contributed by atoms with Crippen molar-refractivity contribution in [1.82, 2.24) is 16.0 Å². The topological polar surface area (TPSA) is 70.2 Å². The van der Waals surface area contributed by atoms with Crippen LogP contribution in [0.1, 0.15) is 13.3 Å². The molecular weight excluding hydrogens is 226 g/mol. The van der Waals surface area contributed by atoms with Gasteiger partial charge in [-0.15, -0.1) is 0 Å². The number of carbonyl (C=O) groups excluding carboxylic acids is 2. The lowest BCUT2D eigenvalue weighted by Gasteiger charge is -2.24. The summed E-state index contributed by atoms with van der Waals surface area (Å²) in [6.07, 6.45) is 3.01. The lowest BCUT2D eigenvalue weighted by atomic mass is 10.2. The quantitative estimate of drug-likeness (QED) is 0.601. The van der Waals surface area contributed by atoms with Gasteiger partial charge in [0.15, 0.2) is 0 Å². The van der Waals surface area contributed by atoms with E-state index in [-0.39, 0.29) is 30.4 Å². The van der Waals surface area contributed by atoms with Crippen LogP contribution in [0.25, 0.3) is 0 Å². The van der Waals surface area contributed by atoms with Crippen molar-refractivity contribution in [2.24, 2.45) is 0 Å². The predicted molar refractivity (Wildman–Crippen MR) is 65.4 cm³/mol. The van der Waals surface area contributed by atoms with Crippen LogP contribution in [0, 0.1) is 0 Å². The highest BCUT2D eigenvalue weighted by atomic mass is 32.2. The zero-order valence-electron chi connectivity index (χ0n) is 9.71. The Bertz CT molecular complexity index is 250. The summed E-state index contributed by atoms with van der Waals surface area (Å²) in [7, 11) is 0. The van der Waals surface area contributed by atoms with Crippen LogP contribution in [0.2, 0.25) is 0 Å². The van der Waals surface area contributed by atoms with Crippen molar-refractivity contribution in [1.29, 1.82) is 0 Å². The normalized spacial score (nSPS) is 22.4. The van der Waals surface area contributed by atoms with Gasteiger partial charge in [0.1, 0.15) is 6.04 Å². The highest BCUT2D eigenvalue weighted by Crippen LogP contribution is 2.00. The Hall–Kier alpha value is -0.750. The Labute approximate surface area is 100 Å². The molecule has 1 rings (SSSR count). The van der Waals surface area contributed by atoms with Gasteiger partial charge in [-0.3, -0.25) is 14.9 Å². The first kappa shape index (κ1) is 13.3. The van der Waals surface area contributed by atoms with Gasteiger partial charge in [-0.1, -0.05) is 0 Å². The van der Waals surface area contributed by atoms with E-state index in [0.717, 1.165) is 12.2 Å². The average Bonchev–Trinajstić information content (AvgIpc) is 2.27. The Kier molecular flexibility index (Phi) is 5.62. The Morgan fingerprint density at radius 2 is 2.44 bits per heavy atom. The molecule has 0 aromatic rings. The molecule has 6 heteroatoms. The SMILES string of the molecule is CSCCC(C)NC(=O)C1CNC(=O)CN1. The van der Waals surface area contributed by atoms with E-state index in [1.165, 1.54) is 0 Å². The minimum Gasteiger partial charge on any atom is -0.353 e. The molecule has 0 aromatic heterocycles. The van der Waals surface area contributed by atoms with Crippen LogP contribution < -0.4 is 16.0 Å². The number of thioether (sulfide) groups is 1. The maximum Gasteiger partial charge on any atom is 0.239 e. The van der Waals surface area contributed by atoms with Gasteiger partial charge >= 0.3 is 0 Å². The summed E-state index contributed by atoms with van der Waals surface area (Å²) >= 11 is 1.77. The molecule has 1 aliphatic heterocycles. The van der Waals surface area contributed by atoms with Gasteiger partial charge in [0.2, 0.25) is 11.8 Å². The molecule has 2 amide bonds. The zero-order chi connectivity index (χ0) is 12.0. The third-order valence-corrected chi connectivity index (χ3v) is 3.12. The Morgan fingerprint density at radius 3 is 3.00 bits per heavy atom. The van der Waals surface area contributed by atoms with Crippen molar-refractivity contribution in [2.75, 3.05) is 25.1 Å². The van der Waals surface area contributed by atoms with Gasteiger partial charge in [-0.25, -0.2) is 0 Å². The second-order valence-corrected chi connectivity index (χ2v) is 4.91. The molecule has 3 N–H and O–H groups in total. The van der Waals surface area contributed by atoms with Crippen molar-refractivity contribution in [3.05, 3.63) is 0 Å². The smallest absolute Gasteiger partial charge is 0.239 e. The molecule has 0 saturated carbocycles. The van der Waals surface area contributed by atoms with Crippen LogP contribution in [0.3, 0.4) is 0 Å². The number of carbonyl (C=O) groups is 2. The number of nitrogens with one attached hydrogen (secondary N) is 3. The van der Waals surface area contributed by atoms with Crippen LogP contribution in [0.4, 0.5) is 0 Å². The number of hydrogen-bond acceptors (Lipinski definition) is 4. The van der Waals surface area contributed by atoms with Crippen LogP contribution in [-0.4, -0.2) is 49.0 Å². The second-order valence-electron chi connectivity index (χ2n) is 3.93. The van der Waals surface area contributed by atoms with E-state index < -0.39 is 0 Å². The molecule has 0 aromatic carbocycles. The monoisotopic (exact) mass is 245 g/mol. The van der Waals surface area contributed by atoms with E-state index in [0.29, 0.717) is 6.54 Å². The summed E-state index contributed by atoms with van der Waals surface area (Å²) < 4.78 is 0. The van der Waals surface area contributed by atoms with Crippen molar-refractivity contribution < 1.29 is 9.59 Å². The molecule has 1 aliphatic rings. The zero-order valence-corrected chi connectivity index (χ0v) is 10.5. The molecule has 1 heterocycles. The van der Waals surface area contributed by atoms with Crippen LogP contribution in [0.5, 0.6) is 0 Å². The number of rotatable bonds is 5. The summed E-state index contributed by atoms with van der Waals surface area (Å²) in [6.45, 7) is 2.59. The van der Waals surface area contributed by atoms with Crippen molar-refractivity contribution in [2.45, 2.75) is 25.4 Å². The summed E-state index contributed by atoms with van der Waals surface area (Å²) in [5.41, 5.74) is 0. The van der Waals surface area contributed by atoms with Gasteiger partial charge in [-0.05, 0) is 25.4 Å². The van der Waals surface area contributed by atoms with Crippen molar-refractivity contribution in [3.8, 4) is 0 Å². The molecule has 0 bridgehead atoms. The average molecular weight is 245 g/mol. The Balaban J connectivity index is 2.26. The summed E-state index contributed by atoms with van der Waals surface area (Å²) in [4.78, 5) is 22.6. The number of piperazine rings is 1. The summed E-state index contributed by atoms with van der Waals surface area (Å²) in [6, 6.07) is -0.117.